The van der Waals surface area contributed by atoms with Crippen LogP contribution in [0.2, 0.25) is 0 Å². The molecule has 0 radical (unpaired) electrons. The lowest BCUT2D eigenvalue weighted by Crippen LogP contribution is -2.23. The summed E-state index contributed by atoms with van der Waals surface area (Å²) in [4.78, 5) is 2.34. The van der Waals surface area contributed by atoms with Crippen molar-refractivity contribution in [1.29, 1.82) is 0 Å². The Hall–Kier alpha value is -1.58. The summed E-state index contributed by atoms with van der Waals surface area (Å²) in [7, 11) is 1.71. The highest BCUT2D eigenvalue weighted by atomic mass is 79.9. The standard InChI is InChI=1S/C18H20BrNO/c1-21-14-8-7-13-20(15-16-9-3-2-4-10-16)18-12-6-5-11-17(18)19/h2-12H,13-15H2,1H3/b8-7+. The molecule has 0 aliphatic carbocycles. The summed E-state index contributed by atoms with van der Waals surface area (Å²) in [6, 6.07) is 18.8. The molecule has 2 aromatic rings. The first-order valence-electron chi connectivity index (χ1n) is 6.98. The van der Waals surface area contributed by atoms with E-state index >= 15 is 0 Å². The molecular formula is C18H20BrNO. The third-order valence-corrected chi connectivity index (χ3v) is 3.84. The minimum atomic E-state index is 0.648. The van der Waals surface area contributed by atoms with E-state index in [0.717, 1.165) is 17.6 Å². The first-order chi connectivity index (χ1) is 10.3. The molecule has 0 aliphatic heterocycles. The lowest BCUT2D eigenvalue weighted by molar-refractivity contribution is 0.233. The summed E-state index contributed by atoms with van der Waals surface area (Å²) in [5.41, 5.74) is 2.50. The van der Waals surface area contributed by atoms with Crippen LogP contribution >= 0.6 is 15.9 Å². The van der Waals surface area contributed by atoms with Crippen molar-refractivity contribution in [3.63, 3.8) is 0 Å². The average Bonchev–Trinajstić information content (AvgIpc) is 2.52. The highest BCUT2D eigenvalue weighted by molar-refractivity contribution is 9.10. The van der Waals surface area contributed by atoms with Gasteiger partial charge in [-0.3, -0.25) is 0 Å². The summed E-state index contributed by atoms with van der Waals surface area (Å²) in [5, 5.41) is 0. The number of rotatable bonds is 7. The van der Waals surface area contributed by atoms with E-state index in [-0.39, 0.29) is 0 Å². The quantitative estimate of drug-likeness (QED) is 0.676. The third-order valence-electron chi connectivity index (χ3n) is 3.16. The molecular weight excluding hydrogens is 326 g/mol. The van der Waals surface area contributed by atoms with Crippen molar-refractivity contribution < 1.29 is 4.74 Å². The van der Waals surface area contributed by atoms with Crippen LogP contribution in [0.25, 0.3) is 0 Å². The molecule has 110 valence electrons. The van der Waals surface area contributed by atoms with Crippen molar-refractivity contribution in [3.8, 4) is 0 Å². The Morgan fingerprint density at radius 2 is 1.71 bits per heavy atom. The van der Waals surface area contributed by atoms with Crippen molar-refractivity contribution in [2.24, 2.45) is 0 Å². The molecule has 2 nitrogen and oxygen atoms in total. The summed E-state index contributed by atoms with van der Waals surface area (Å²) in [5.74, 6) is 0. The van der Waals surface area contributed by atoms with Crippen LogP contribution in [-0.4, -0.2) is 20.3 Å². The number of ether oxygens (including phenoxy) is 1. The largest absolute Gasteiger partial charge is 0.381 e. The molecule has 3 heteroatoms. The van der Waals surface area contributed by atoms with Crippen LogP contribution < -0.4 is 4.90 Å². The number of hydrogen-bond acceptors (Lipinski definition) is 2. The van der Waals surface area contributed by atoms with E-state index < -0.39 is 0 Å². The molecule has 0 N–H and O–H groups in total. The van der Waals surface area contributed by atoms with Gasteiger partial charge in [0.25, 0.3) is 0 Å². The zero-order valence-electron chi connectivity index (χ0n) is 12.2. The Labute approximate surface area is 135 Å². The number of benzene rings is 2. The fourth-order valence-corrected chi connectivity index (χ4v) is 2.66. The predicted octanol–water partition coefficient (Wildman–Crippen LogP) is 4.66. The molecule has 0 saturated carbocycles. The second-order valence-electron chi connectivity index (χ2n) is 4.74. The van der Waals surface area contributed by atoms with Crippen LogP contribution in [0.1, 0.15) is 5.56 Å². The number of anilines is 1. The highest BCUT2D eigenvalue weighted by Crippen LogP contribution is 2.27. The fraction of sp³-hybridized carbons (Fsp3) is 0.222. The smallest absolute Gasteiger partial charge is 0.0644 e. The monoisotopic (exact) mass is 345 g/mol. The second kappa shape index (κ2) is 8.65. The molecule has 0 aliphatic rings. The van der Waals surface area contributed by atoms with Gasteiger partial charge in [0.1, 0.15) is 0 Å². The van der Waals surface area contributed by atoms with Gasteiger partial charge in [0.05, 0.1) is 12.3 Å². The average molecular weight is 346 g/mol. The number of halogens is 1. The Kier molecular flexibility index (Phi) is 6.51. The van der Waals surface area contributed by atoms with E-state index in [0.29, 0.717) is 6.61 Å². The summed E-state index contributed by atoms with van der Waals surface area (Å²) < 4.78 is 6.17. The minimum Gasteiger partial charge on any atom is -0.381 e. The van der Waals surface area contributed by atoms with Gasteiger partial charge in [-0.1, -0.05) is 54.6 Å². The van der Waals surface area contributed by atoms with Gasteiger partial charge < -0.3 is 9.64 Å². The summed E-state index contributed by atoms with van der Waals surface area (Å²) in [6.45, 7) is 2.37. The summed E-state index contributed by atoms with van der Waals surface area (Å²) in [6.07, 6.45) is 4.20. The van der Waals surface area contributed by atoms with Gasteiger partial charge >= 0.3 is 0 Å². The molecule has 0 spiro atoms. The van der Waals surface area contributed by atoms with Crippen molar-refractivity contribution in [1.82, 2.24) is 0 Å². The molecule has 0 amide bonds. The maximum atomic E-state index is 5.06. The zero-order valence-corrected chi connectivity index (χ0v) is 13.8. The first kappa shape index (κ1) is 15.8. The number of nitrogens with zero attached hydrogens (tertiary/aromatic N) is 1. The van der Waals surface area contributed by atoms with Gasteiger partial charge in [-0.15, -0.1) is 0 Å². The van der Waals surface area contributed by atoms with Crippen LogP contribution in [0.5, 0.6) is 0 Å². The molecule has 0 saturated heterocycles. The van der Waals surface area contributed by atoms with Gasteiger partial charge in [-0.2, -0.15) is 0 Å². The van der Waals surface area contributed by atoms with Crippen LogP contribution in [0.4, 0.5) is 5.69 Å². The molecule has 2 aromatic carbocycles. The lowest BCUT2D eigenvalue weighted by Gasteiger charge is -2.25. The van der Waals surface area contributed by atoms with E-state index in [1.165, 1.54) is 11.3 Å². The Morgan fingerprint density at radius 1 is 1.00 bits per heavy atom. The normalized spacial score (nSPS) is 11.0. The number of hydrogen-bond donors (Lipinski definition) is 0. The lowest BCUT2D eigenvalue weighted by atomic mass is 10.2. The molecule has 0 unspecified atom stereocenters. The van der Waals surface area contributed by atoms with Crippen LogP contribution in [-0.2, 0) is 11.3 Å². The topological polar surface area (TPSA) is 12.5 Å². The maximum Gasteiger partial charge on any atom is 0.0644 e. The van der Waals surface area contributed by atoms with Gasteiger partial charge in [-0.25, -0.2) is 0 Å². The van der Waals surface area contributed by atoms with Crippen LogP contribution in [0.3, 0.4) is 0 Å². The minimum absolute atomic E-state index is 0.648. The van der Waals surface area contributed by atoms with E-state index in [1.807, 2.05) is 12.1 Å². The van der Waals surface area contributed by atoms with E-state index in [4.69, 9.17) is 4.74 Å². The molecule has 0 aromatic heterocycles. The highest BCUT2D eigenvalue weighted by Gasteiger charge is 2.08. The molecule has 0 atom stereocenters. The molecule has 0 heterocycles. The van der Waals surface area contributed by atoms with Gasteiger partial charge in [0.2, 0.25) is 0 Å². The Balaban J connectivity index is 2.16. The van der Waals surface area contributed by atoms with Crippen LogP contribution in [0, 0.1) is 0 Å². The molecule has 0 fully saturated rings. The van der Waals surface area contributed by atoms with E-state index in [2.05, 4.69) is 75.4 Å². The number of methoxy groups -OCH3 is 1. The zero-order chi connectivity index (χ0) is 14.9. The fourth-order valence-electron chi connectivity index (χ4n) is 2.13. The molecule has 0 bridgehead atoms. The van der Waals surface area contributed by atoms with Crippen molar-refractivity contribution >= 4 is 21.6 Å². The van der Waals surface area contributed by atoms with E-state index in [9.17, 15) is 0 Å². The van der Waals surface area contributed by atoms with Gasteiger partial charge in [0.15, 0.2) is 0 Å². The van der Waals surface area contributed by atoms with Crippen molar-refractivity contribution in [2.75, 3.05) is 25.2 Å². The summed E-state index contributed by atoms with van der Waals surface area (Å²) >= 11 is 3.64. The van der Waals surface area contributed by atoms with Gasteiger partial charge in [-0.05, 0) is 33.6 Å². The maximum absolute atomic E-state index is 5.06. The molecule has 2 rings (SSSR count). The Morgan fingerprint density at radius 3 is 2.43 bits per heavy atom. The van der Waals surface area contributed by atoms with Crippen molar-refractivity contribution in [2.45, 2.75) is 6.54 Å². The SMILES string of the molecule is COC/C=C/CN(Cc1ccccc1)c1ccccc1Br. The van der Waals surface area contributed by atoms with Gasteiger partial charge in [0, 0.05) is 24.7 Å². The second-order valence-corrected chi connectivity index (χ2v) is 5.60. The Bertz CT molecular complexity index is 568. The van der Waals surface area contributed by atoms with Crippen LogP contribution in [0.15, 0.2) is 71.2 Å². The van der Waals surface area contributed by atoms with Crippen molar-refractivity contribution in [3.05, 3.63) is 76.8 Å². The first-order valence-corrected chi connectivity index (χ1v) is 7.78. The number of para-hydroxylation sites is 1. The molecule has 21 heavy (non-hydrogen) atoms. The van der Waals surface area contributed by atoms with E-state index in [1.54, 1.807) is 7.11 Å². The third kappa shape index (κ3) is 5.03. The predicted molar refractivity (Wildman–Crippen MR) is 92.7 cm³/mol.